The fourth-order valence-corrected chi connectivity index (χ4v) is 1.31. The second-order valence-corrected chi connectivity index (χ2v) is 3.50. The second kappa shape index (κ2) is 4.28. The number of carboxylic acids is 1. The van der Waals surface area contributed by atoms with Gasteiger partial charge in [0.1, 0.15) is 6.04 Å². The van der Waals surface area contributed by atoms with Gasteiger partial charge in [-0.25, -0.2) is 9.97 Å². The summed E-state index contributed by atoms with van der Waals surface area (Å²) in [4.78, 5) is 18.9. The lowest BCUT2D eigenvalue weighted by molar-refractivity contribution is -0.139. The number of nitrogens with zero attached hydrogens (tertiary/aromatic N) is 3. The smallest absolute Gasteiger partial charge is 0.320 e. The van der Waals surface area contributed by atoms with E-state index in [4.69, 9.17) is 5.11 Å². The Kier molecular flexibility index (Phi) is 2.82. The molecule has 0 unspecified atom stereocenters. The number of imidazole rings is 1. The van der Waals surface area contributed by atoms with E-state index in [1.807, 2.05) is 18.5 Å². The van der Waals surface area contributed by atoms with Gasteiger partial charge in [-0.3, -0.25) is 14.5 Å². The summed E-state index contributed by atoms with van der Waals surface area (Å²) in [5.41, 5.74) is 0.770. The second-order valence-electron chi connectivity index (χ2n) is 3.50. The minimum absolute atomic E-state index is 0.414. The Morgan fingerprint density at radius 3 is 3.19 bits per heavy atom. The van der Waals surface area contributed by atoms with E-state index in [9.17, 15) is 4.79 Å². The monoisotopic (exact) mass is 220 g/mol. The van der Waals surface area contributed by atoms with Crippen molar-refractivity contribution in [1.82, 2.24) is 19.7 Å². The molecule has 2 rings (SSSR count). The molecule has 84 valence electrons. The highest BCUT2D eigenvalue weighted by Crippen LogP contribution is 2.01. The topological polar surface area (TPSA) is 79.5 Å². The third-order valence-corrected chi connectivity index (χ3v) is 2.25. The van der Waals surface area contributed by atoms with Gasteiger partial charge >= 0.3 is 5.97 Å². The van der Waals surface area contributed by atoms with Gasteiger partial charge in [0.2, 0.25) is 5.78 Å². The fraction of sp³-hybridized carbons (Fsp3) is 0.300. The molecule has 16 heavy (non-hydrogen) atoms. The molecule has 6 heteroatoms. The average Bonchev–Trinajstić information content (AvgIpc) is 2.68. The average molecular weight is 220 g/mol. The van der Waals surface area contributed by atoms with Crippen molar-refractivity contribution in [2.24, 2.45) is 0 Å². The van der Waals surface area contributed by atoms with E-state index >= 15 is 0 Å². The van der Waals surface area contributed by atoms with Crippen LogP contribution >= 0.6 is 0 Å². The Hall–Kier alpha value is -1.95. The number of carboxylic acid groups (broad SMARTS) is 1. The fourth-order valence-electron chi connectivity index (χ4n) is 1.31. The number of nitrogens with one attached hydrogen (secondary N) is 1. The van der Waals surface area contributed by atoms with E-state index in [2.05, 4.69) is 15.3 Å². The summed E-state index contributed by atoms with van der Waals surface area (Å²) >= 11 is 0. The lowest BCUT2D eigenvalue weighted by Crippen LogP contribution is -2.33. The van der Waals surface area contributed by atoms with Gasteiger partial charge in [0.05, 0.1) is 5.69 Å². The summed E-state index contributed by atoms with van der Waals surface area (Å²) in [5, 5.41) is 11.6. The van der Waals surface area contributed by atoms with E-state index in [0.29, 0.717) is 12.3 Å². The van der Waals surface area contributed by atoms with Crippen LogP contribution in [-0.4, -0.2) is 31.5 Å². The molecule has 0 saturated heterocycles. The Bertz CT molecular complexity index is 475. The van der Waals surface area contributed by atoms with Crippen molar-refractivity contribution >= 4 is 11.7 Å². The Morgan fingerprint density at radius 1 is 1.69 bits per heavy atom. The maximum Gasteiger partial charge on any atom is 0.320 e. The summed E-state index contributed by atoms with van der Waals surface area (Å²) in [5.74, 6) is -0.260. The zero-order chi connectivity index (χ0) is 11.5. The molecule has 0 saturated carbocycles. The van der Waals surface area contributed by atoms with Crippen molar-refractivity contribution in [1.29, 1.82) is 0 Å². The van der Waals surface area contributed by atoms with Crippen LogP contribution in [0.25, 0.3) is 5.78 Å². The molecule has 1 atom stereocenters. The summed E-state index contributed by atoms with van der Waals surface area (Å²) in [6.07, 6.45) is 5.34. The largest absolute Gasteiger partial charge is 0.480 e. The summed E-state index contributed by atoms with van der Waals surface area (Å²) in [6.45, 7) is 2.01. The third kappa shape index (κ3) is 2.17. The summed E-state index contributed by atoms with van der Waals surface area (Å²) in [7, 11) is 0. The molecule has 2 N–H and O–H groups in total. The molecule has 2 heterocycles. The molecule has 0 aliphatic heterocycles. The predicted molar refractivity (Wildman–Crippen MR) is 56.9 cm³/mol. The number of hydrogen-bond acceptors (Lipinski definition) is 4. The molecular weight excluding hydrogens is 208 g/mol. The van der Waals surface area contributed by atoms with E-state index < -0.39 is 12.0 Å². The molecule has 0 aromatic carbocycles. The van der Waals surface area contributed by atoms with Crippen LogP contribution in [0, 0.1) is 0 Å². The third-order valence-electron chi connectivity index (χ3n) is 2.25. The van der Waals surface area contributed by atoms with Crippen LogP contribution in [0.1, 0.15) is 12.6 Å². The first kappa shape index (κ1) is 10.6. The molecule has 6 nitrogen and oxygen atoms in total. The van der Waals surface area contributed by atoms with E-state index in [0.717, 1.165) is 5.69 Å². The molecule has 0 amide bonds. The van der Waals surface area contributed by atoms with Crippen molar-refractivity contribution in [3.63, 3.8) is 0 Å². The molecule has 0 radical (unpaired) electrons. The van der Waals surface area contributed by atoms with Gasteiger partial charge < -0.3 is 5.11 Å². The van der Waals surface area contributed by atoms with E-state index in [1.165, 1.54) is 0 Å². The molecule has 0 fully saturated rings. The van der Waals surface area contributed by atoms with Gasteiger partial charge in [-0.2, -0.15) is 0 Å². The molecule has 2 aromatic heterocycles. The highest BCUT2D eigenvalue weighted by atomic mass is 16.4. The van der Waals surface area contributed by atoms with Crippen LogP contribution in [0.3, 0.4) is 0 Å². The zero-order valence-electron chi connectivity index (χ0n) is 8.79. The minimum Gasteiger partial charge on any atom is -0.480 e. The van der Waals surface area contributed by atoms with Gasteiger partial charge in [-0.15, -0.1) is 0 Å². The summed E-state index contributed by atoms with van der Waals surface area (Å²) < 4.78 is 1.79. The van der Waals surface area contributed by atoms with Gasteiger partial charge in [-0.1, -0.05) is 0 Å². The van der Waals surface area contributed by atoms with E-state index in [-0.39, 0.29) is 0 Å². The van der Waals surface area contributed by atoms with Crippen molar-refractivity contribution in [2.45, 2.75) is 19.5 Å². The van der Waals surface area contributed by atoms with Gasteiger partial charge in [-0.05, 0) is 13.0 Å². The number of hydrogen-bond donors (Lipinski definition) is 2. The molecule has 0 aliphatic rings. The predicted octanol–water partition coefficient (Wildman–Crippen LogP) is 0.292. The number of fused-ring (bicyclic) bond motifs is 1. The lowest BCUT2D eigenvalue weighted by atomic mass is 10.3. The maximum absolute atomic E-state index is 10.6. The van der Waals surface area contributed by atoms with Crippen molar-refractivity contribution in [3.05, 3.63) is 30.4 Å². The number of carbonyl (C=O) groups is 1. The molecular formula is C10H12N4O2. The van der Waals surface area contributed by atoms with Gasteiger partial charge in [0.15, 0.2) is 0 Å². The zero-order valence-corrected chi connectivity index (χ0v) is 8.79. The first-order valence-corrected chi connectivity index (χ1v) is 4.91. The number of rotatable bonds is 4. The molecule has 0 spiro atoms. The Labute approximate surface area is 92.0 Å². The van der Waals surface area contributed by atoms with Gasteiger partial charge in [0.25, 0.3) is 0 Å². The van der Waals surface area contributed by atoms with Gasteiger partial charge in [0, 0.05) is 25.1 Å². The lowest BCUT2D eigenvalue weighted by Gasteiger charge is -2.06. The Balaban J connectivity index is 2.07. The van der Waals surface area contributed by atoms with Crippen LogP contribution in [0.4, 0.5) is 0 Å². The van der Waals surface area contributed by atoms with Crippen LogP contribution in [-0.2, 0) is 11.3 Å². The first-order valence-electron chi connectivity index (χ1n) is 4.91. The first-order chi connectivity index (χ1) is 7.66. The highest BCUT2D eigenvalue weighted by molar-refractivity contribution is 5.72. The highest BCUT2D eigenvalue weighted by Gasteiger charge is 2.10. The van der Waals surface area contributed by atoms with Crippen molar-refractivity contribution in [2.75, 3.05) is 0 Å². The minimum atomic E-state index is -0.873. The van der Waals surface area contributed by atoms with Crippen LogP contribution < -0.4 is 5.32 Å². The quantitative estimate of drug-likeness (QED) is 0.774. The Morgan fingerprint density at radius 2 is 2.50 bits per heavy atom. The number of aromatic nitrogens is 3. The maximum atomic E-state index is 10.6. The van der Waals surface area contributed by atoms with E-state index in [1.54, 1.807) is 17.5 Å². The summed E-state index contributed by atoms with van der Waals surface area (Å²) in [6, 6.07) is 1.23. The molecule has 0 bridgehead atoms. The normalized spacial score (nSPS) is 12.8. The standard InChI is InChI=1S/C10H12N4O2/c1-7(9(15)16)12-5-8-6-14-4-2-3-11-10(14)13-8/h2-4,6-7,12H,5H2,1H3,(H,15,16)/t7-/m1/s1. The molecule has 2 aromatic rings. The van der Waals surface area contributed by atoms with Crippen LogP contribution in [0.5, 0.6) is 0 Å². The van der Waals surface area contributed by atoms with Crippen molar-refractivity contribution < 1.29 is 9.90 Å². The number of aliphatic carboxylic acids is 1. The van der Waals surface area contributed by atoms with Crippen LogP contribution in [0.15, 0.2) is 24.7 Å². The molecule has 0 aliphatic carbocycles. The SMILES string of the molecule is C[C@@H](NCc1cn2cccnc2n1)C(=O)O. The van der Waals surface area contributed by atoms with Crippen LogP contribution in [0.2, 0.25) is 0 Å². The van der Waals surface area contributed by atoms with Crippen molar-refractivity contribution in [3.8, 4) is 0 Å².